The highest BCUT2D eigenvalue weighted by atomic mass is 16.4. The Morgan fingerprint density at radius 3 is 2.62 bits per heavy atom. The van der Waals surface area contributed by atoms with Crippen molar-refractivity contribution in [2.24, 2.45) is 17.8 Å². The molecule has 2 saturated carbocycles. The lowest BCUT2D eigenvalue weighted by Crippen LogP contribution is -2.35. The molecular formula is C21H20NO2-. The summed E-state index contributed by atoms with van der Waals surface area (Å²) in [5.41, 5.74) is 3.94. The van der Waals surface area contributed by atoms with Gasteiger partial charge in [0, 0.05) is 5.69 Å². The first-order valence-electron chi connectivity index (χ1n) is 8.89. The molecule has 24 heavy (non-hydrogen) atoms. The quantitative estimate of drug-likeness (QED) is 0.924. The van der Waals surface area contributed by atoms with Crippen LogP contribution in [0, 0.1) is 17.8 Å². The van der Waals surface area contributed by atoms with E-state index in [1.807, 2.05) is 12.1 Å². The van der Waals surface area contributed by atoms with Crippen LogP contribution in [0.5, 0.6) is 0 Å². The maximum atomic E-state index is 11.3. The molecule has 3 aliphatic rings. The lowest BCUT2D eigenvalue weighted by molar-refractivity contribution is -0.255. The molecule has 0 unspecified atom stereocenters. The van der Waals surface area contributed by atoms with Crippen molar-refractivity contribution >= 4 is 11.7 Å². The van der Waals surface area contributed by atoms with Gasteiger partial charge in [-0.15, -0.1) is 0 Å². The van der Waals surface area contributed by atoms with Crippen molar-refractivity contribution in [2.45, 2.75) is 31.2 Å². The molecule has 2 aliphatic carbocycles. The van der Waals surface area contributed by atoms with Crippen LogP contribution in [0.3, 0.4) is 0 Å². The molecule has 0 radical (unpaired) electrons. The van der Waals surface area contributed by atoms with E-state index >= 15 is 0 Å². The molecule has 3 nitrogen and oxygen atoms in total. The van der Waals surface area contributed by atoms with Crippen molar-refractivity contribution in [1.29, 1.82) is 0 Å². The minimum Gasteiger partial charge on any atom is -0.545 e. The molecular weight excluding hydrogens is 298 g/mol. The van der Waals surface area contributed by atoms with Crippen LogP contribution < -0.4 is 10.4 Å². The van der Waals surface area contributed by atoms with Crippen molar-refractivity contribution in [3.05, 3.63) is 65.2 Å². The number of hydrogen-bond acceptors (Lipinski definition) is 3. The highest BCUT2D eigenvalue weighted by Gasteiger charge is 2.53. The fourth-order valence-electron chi connectivity index (χ4n) is 5.60. The summed E-state index contributed by atoms with van der Waals surface area (Å²) >= 11 is 0. The molecule has 1 heterocycles. The summed E-state index contributed by atoms with van der Waals surface area (Å²) in [6, 6.07) is 16.5. The molecule has 2 aromatic carbocycles. The molecule has 122 valence electrons. The number of aromatic carboxylic acids is 1. The first-order chi connectivity index (χ1) is 11.7. The summed E-state index contributed by atoms with van der Waals surface area (Å²) in [7, 11) is 0. The summed E-state index contributed by atoms with van der Waals surface area (Å²) in [6.07, 6.45) is 3.88. The number of carbonyl (C=O) groups excluding carboxylic acids is 1. The van der Waals surface area contributed by atoms with Gasteiger partial charge in [0.1, 0.15) is 0 Å². The second-order valence-corrected chi connectivity index (χ2v) is 7.56. The molecule has 1 aliphatic heterocycles. The Morgan fingerprint density at radius 2 is 1.83 bits per heavy atom. The van der Waals surface area contributed by atoms with Crippen molar-refractivity contribution in [3.63, 3.8) is 0 Å². The molecule has 1 N–H and O–H groups in total. The summed E-state index contributed by atoms with van der Waals surface area (Å²) in [4.78, 5) is 11.3. The van der Waals surface area contributed by atoms with Crippen LogP contribution in [0.15, 0.2) is 48.5 Å². The van der Waals surface area contributed by atoms with E-state index in [1.54, 1.807) is 6.07 Å². The minimum absolute atomic E-state index is 0.301. The Labute approximate surface area is 141 Å². The van der Waals surface area contributed by atoms with E-state index in [-0.39, 0.29) is 0 Å². The van der Waals surface area contributed by atoms with E-state index in [2.05, 4.69) is 35.6 Å². The smallest absolute Gasteiger partial charge is 0.0715 e. The van der Waals surface area contributed by atoms with Gasteiger partial charge in [0.05, 0.1) is 12.0 Å². The molecule has 0 amide bonds. The van der Waals surface area contributed by atoms with E-state index in [1.165, 1.54) is 30.4 Å². The van der Waals surface area contributed by atoms with Crippen molar-refractivity contribution in [1.82, 2.24) is 0 Å². The number of fused-ring (bicyclic) bond motifs is 7. The topological polar surface area (TPSA) is 52.2 Å². The van der Waals surface area contributed by atoms with Crippen molar-refractivity contribution in [2.75, 3.05) is 5.32 Å². The van der Waals surface area contributed by atoms with Gasteiger partial charge in [-0.25, -0.2) is 0 Å². The third-order valence-corrected chi connectivity index (χ3v) is 6.48. The fourth-order valence-corrected chi connectivity index (χ4v) is 5.60. The molecule has 0 spiro atoms. The summed E-state index contributed by atoms with van der Waals surface area (Å²) < 4.78 is 0. The predicted molar refractivity (Wildman–Crippen MR) is 90.6 cm³/mol. The van der Waals surface area contributed by atoms with Gasteiger partial charge in [-0.05, 0) is 71.8 Å². The van der Waals surface area contributed by atoms with Crippen molar-refractivity contribution < 1.29 is 9.90 Å². The molecule has 5 rings (SSSR count). The van der Waals surface area contributed by atoms with Crippen LogP contribution >= 0.6 is 0 Å². The van der Waals surface area contributed by atoms with Gasteiger partial charge in [-0.1, -0.05) is 36.4 Å². The van der Waals surface area contributed by atoms with Crippen LogP contribution in [-0.2, 0) is 0 Å². The fraction of sp³-hybridized carbons (Fsp3) is 0.381. The maximum Gasteiger partial charge on any atom is 0.0715 e. The monoisotopic (exact) mass is 318 g/mol. The first kappa shape index (κ1) is 14.1. The standard InChI is InChI=1S/C21H21NO2/c23-21(24)15-8-9-17-16(11-15)18-13-6-7-14(10-13)19(18)20(22-17)12-4-2-1-3-5-12/h1-5,8-9,11,13-14,18-20,22H,6-7,10H2,(H,23,24)/p-1/t13-,14-,18+,19+,20-/m0/s1. The number of carboxylic acid groups (broad SMARTS) is 1. The maximum absolute atomic E-state index is 11.3. The predicted octanol–water partition coefficient (Wildman–Crippen LogP) is 3.35. The molecule has 5 atom stereocenters. The van der Waals surface area contributed by atoms with E-state index in [0.29, 0.717) is 29.4 Å². The number of benzene rings is 2. The molecule has 2 bridgehead atoms. The number of nitrogens with one attached hydrogen (secondary N) is 1. The third kappa shape index (κ3) is 1.94. The Hall–Kier alpha value is -2.29. The highest BCUT2D eigenvalue weighted by molar-refractivity contribution is 5.87. The Morgan fingerprint density at radius 1 is 1.04 bits per heavy atom. The summed E-state index contributed by atoms with van der Waals surface area (Å²) in [6.45, 7) is 0. The van der Waals surface area contributed by atoms with Crippen LogP contribution in [0.2, 0.25) is 0 Å². The third-order valence-electron chi connectivity index (χ3n) is 6.48. The van der Waals surface area contributed by atoms with Gasteiger partial charge in [0.25, 0.3) is 0 Å². The molecule has 0 saturated heterocycles. The number of anilines is 1. The second kappa shape index (κ2) is 5.10. The zero-order valence-electron chi connectivity index (χ0n) is 13.4. The van der Waals surface area contributed by atoms with E-state index < -0.39 is 5.97 Å². The van der Waals surface area contributed by atoms with Crippen molar-refractivity contribution in [3.8, 4) is 0 Å². The minimum atomic E-state index is -1.08. The lowest BCUT2D eigenvalue weighted by Gasteiger charge is -2.43. The van der Waals surface area contributed by atoms with E-state index in [4.69, 9.17) is 0 Å². The molecule has 2 fully saturated rings. The molecule has 0 aromatic heterocycles. The number of carboxylic acids is 1. The SMILES string of the molecule is O=C([O-])c1ccc2c(c1)[C@H]1[C@H]3CC[C@@H](C3)[C@H]1[C@H](c1ccccc1)N2. The zero-order valence-corrected chi connectivity index (χ0v) is 13.4. The normalized spacial score (nSPS) is 32.8. The number of hydrogen-bond donors (Lipinski definition) is 1. The van der Waals surface area contributed by atoms with E-state index in [9.17, 15) is 9.90 Å². The van der Waals surface area contributed by atoms with Crippen LogP contribution in [-0.4, -0.2) is 5.97 Å². The molecule has 2 aromatic rings. The van der Waals surface area contributed by atoms with Gasteiger partial charge in [-0.2, -0.15) is 0 Å². The largest absolute Gasteiger partial charge is 0.545 e. The highest BCUT2D eigenvalue weighted by Crippen LogP contribution is 2.63. The number of rotatable bonds is 2. The van der Waals surface area contributed by atoms with Gasteiger partial charge in [-0.3, -0.25) is 0 Å². The van der Waals surface area contributed by atoms with Crippen LogP contribution in [0.1, 0.15) is 52.7 Å². The number of carbonyl (C=O) groups is 1. The van der Waals surface area contributed by atoms with Crippen LogP contribution in [0.4, 0.5) is 5.69 Å². The first-order valence-corrected chi connectivity index (χ1v) is 8.89. The van der Waals surface area contributed by atoms with E-state index in [0.717, 1.165) is 11.6 Å². The zero-order chi connectivity index (χ0) is 16.3. The van der Waals surface area contributed by atoms with Gasteiger partial charge in [0.15, 0.2) is 0 Å². The second-order valence-electron chi connectivity index (χ2n) is 7.56. The average Bonchev–Trinajstić information content (AvgIpc) is 3.23. The average molecular weight is 318 g/mol. The lowest BCUT2D eigenvalue weighted by atomic mass is 9.68. The Balaban J connectivity index is 1.64. The Bertz CT molecular complexity index is 801. The van der Waals surface area contributed by atoms with Gasteiger partial charge < -0.3 is 15.2 Å². The molecule has 3 heteroatoms. The summed E-state index contributed by atoms with van der Waals surface area (Å²) in [5.74, 6) is 1.41. The van der Waals surface area contributed by atoms with Gasteiger partial charge >= 0.3 is 0 Å². The van der Waals surface area contributed by atoms with Crippen LogP contribution in [0.25, 0.3) is 0 Å². The van der Waals surface area contributed by atoms with Gasteiger partial charge in [0.2, 0.25) is 0 Å². The Kier molecular flexibility index (Phi) is 2.99. The summed E-state index contributed by atoms with van der Waals surface area (Å²) in [5, 5.41) is 15.0.